The van der Waals surface area contributed by atoms with E-state index in [2.05, 4.69) is 231 Å². The van der Waals surface area contributed by atoms with Crippen LogP contribution in [0.5, 0.6) is 0 Å². The smallest absolute Gasteiger partial charge is 0.136 e. The minimum Gasteiger partial charge on any atom is -0.456 e. The zero-order valence-corrected chi connectivity index (χ0v) is 34.3. The molecular formula is C62H38O. The first-order valence-corrected chi connectivity index (χ1v) is 21.8. The van der Waals surface area contributed by atoms with Crippen LogP contribution in [0.1, 0.15) is 0 Å². The predicted octanol–water partition coefficient (Wildman–Crippen LogP) is 17.7. The van der Waals surface area contributed by atoms with Crippen molar-refractivity contribution in [1.29, 1.82) is 0 Å². The summed E-state index contributed by atoms with van der Waals surface area (Å²) >= 11 is 0. The predicted molar refractivity (Wildman–Crippen MR) is 268 cm³/mol. The molecule has 0 bridgehead atoms. The van der Waals surface area contributed by atoms with E-state index in [0.717, 1.165) is 27.5 Å². The molecule has 0 saturated heterocycles. The fourth-order valence-electron chi connectivity index (χ4n) is 10.6. The van der Waals surface area contributed by atoms with Crippen molar-refractivity contribution in [2.45, 2.75) is 0 Å². The van der Waals surface area contributed by atoms with Gasteiger partial charge in [-0.15, -0.1) is 0 Å². The maximum Gasteiger partial charge on any atom is 0.136 e. The molecule has 0 unspecified atom stereocenters. The number of hydrogen-bond acceptors (Lipinski definition) is 1. The van der Waals surface area contributed by atoms with Gasteiger partial charge in [0.25, 0.3) is 0 Å². The Morgan fingerprint density at radius 3 is 1.10 bits per heavy atom. The first kappa shape index (κ1) is 35.5. The Bertz CT molecular complexity index is 3840. The molecule has 1 nitrogen and oxygen atoms in total. The highest BCUT2D eigenvalue weighted by atomic mass is 16.3. The van der Waals surface area contributed by atoms with E-state index in [1.165, 1.54) is 104 Å². The largest absolute Gasteiger partial charge is 0.456 e. The van der Waals surface area contributed by atoms with Crippen LogP contribution in [0.4, 0.5) is 0 Å². The molecule has 292 valence electrons. The molecule has 0 amide bonds. The van der Waals surface area contributed by atoms with Gasteiger partial charge in [0.05, 0.1) is 0 Å². The van der Waals surface area contributed by atoms with E-state index in [-0.39, 0.29) is 0 Å². The number of hydrogen-bond donors (Lipinski definition) is 0. The first-order chi connectivity index (χ1) is 31.3. The summed E-state index contributed by atoms with van der Waals surface area (Å²) in [5.74, 6) is 0. The minimum atomic E-state index is 0.883. The molecule has 0 aliphatic heterocycles. The van der Waals surface area contributed by atoms with Crippen molar-refractivity contribution < 1.29 is 4.42 Å². The highest BCUT2D eigenvalue weighted by Crippen LogP contribution is 2.48. The van der Waals surface area contributed by atoms with Gasteiger partial charge in [-0.05, 0) is 134 Å². The Labute approximate surface area is 364 Å². The molecular weight excluding hydrogens is 761 g/mol. The molecule has 0 radical (unpaired) electrons. The number of benzene rings is 12. The van der Waals surface area contributed by atoms with Crippen molar-refractivity contribution in [3.05, 3.63) is 231 Å². The molecule has 0 saturated carbocycles. The van der Waals surface area contributed by atoms with E-state index >= 15 is 0 Å². The summed E-state index contributed by atoms with van der Waals surface area (Å²) < 4.78 is 6.77. The van der Waals surface area contributed by atoms with Gasteiger partial charge in [-0.25, -0.2) is 0 Å². The van der Waals surface area contributed by atoms with E-state index in [1.54, 1.807) is 0 Å². The van der Waals surface area contributed by atoms with Gasteiger partial charge in [0.2, 0.25) is 0 Å². The van der Waals surface area contributed by atoms with Crippen molar-refractivity contribution in [3.63, 3.8) is 0 Å². The standard InChI is InChI=1S/C62H38O/c1-3-17-39(18-4-1)43-34-35-55(45-22-8-7-21-44(43)45)62-53-29-15-13-27-51(53)61(52-28-14-16-30-54(52)62)42-31-33-46-56-37-41(32-36-57(56)63-58(46)38-42)60-49-25-11-9-23-47(49)59(40-19-5-2-6-20-40)48-24-10-12-26-50(48)60/h1-38H. The van der Waals surface area contributed by atoms with Crippen molar-refractivity contribution in [2.24, 2.45) is 0 Å². The fourth-order valence-corrected chi connectivity index (χ4v) is 10.6. The van der Waals surface area contributed by atoms with Crippen molar-refractivity contribution in [2.75, 3.05) is 0 Å². The average molecular weight is 799 g/mol. The summed E-state index contributed by atoms with van der Waals surface area (Å²) in [5.41, 5.74) is 14.0. The van der Waals surface area contributed by atoms with Gasteiger partial charge in [0.1, 0.15) is 11.2 Å². The van der Waals surface area contributed by atoms with Gasteiger partial charge in [-0.2, -0.15) is 0 Å². The van der Waals surface area contributed by atoms with Crippen LogP contribution in [0, 0.1) is 0 Å². The highest BCUT2D eigenvalue weighted by Gasteiger charge is 2.21. The average Bonchev–Trinajstić information content (AvgIpc) is 3.72. The lowest BCUT2D eigenvalue weighted by Gasteiger charge is -2.19. The Balaban J connectivity index is 0.997. The van der Waals surface area contributed by atoms with Gasteiger partial charge in [-0.1, -0.05) is 206 Å². The van der Waals surface area contributed by atoms with Gasteiger partial charge in [-0.3, -0.25) is 0 Å². The highest BCUT2D eigenvalue weighted by molar-refractivity contribution is 6.25. The lowest BCUT2D eigenvalue weighted by molar-refractivity contribution is 0.669. The summed E-state index contributed by atoms with van der Waals surface area (Å²) in [4.78, 5) is 0. The Kier molecular flexibility index (Phi) is 7.98. The van der Waals surface area contributed by atoms with Crippen molar-refractivity contribution in [1.82, 2.24) is 0 Å². The van der Waals surface area contributed by atoms with Crippen LogP contribution in [0.15, 0.2) is 235 Å². The molecule has 12 aromatic carbocycles. The number of furan rings is 1. The molecule has 1 heteroatoms. The molecule has 13 aromatic rings. The fraction of sp³-hybridized carbons (Fsp3) is 0. The Hall–Kier alpha value is -8.26. The van der Waals surface area contributed by atoms with Gasteiger partial charge >= 0.3 is 0 Å². The maximum atomic E-state index is 6.77. The summed E-state index contributed by atoms with van der Waals surface area (Å²) in [6.45, 7) is 0. The second kappa shape index (κ2) is 14.2. The van der Waals surface area contributed by atoms with Crippen LogP contribution < -0.4 is 0 Å². The monoisotopic (exact) mass is 798 g/mol. The normalized spacial score (nSPS) is 11.8. The van der Waals surface area contributed by atoms with Gasteiger partial charge in [0, 0.05) is 10.8 Å². The van der Waals surface area contributed by atoms with Crippen LogP contribution >= 0.6 is 0 Å². The molecule has 0 atom stereocenters. The van der Waals surface area contributed by atoms with Crippen LogP contribution in [0.2, 0.25) is 0 Å². The number of rotatable bonds is 5. The molecule has 0 N–H and O–H groups in total. The van der Waals surface area contributed by atoms with Gasteiger partial charge < -0.3 is 4.42 Å². The quantitative estimate of drug-likeness (QED) is 0.158. The molecule has 1 aromatic heterocycles. The molecule has 63 heavy (non-hydrogen) atoms. The Morgan fingerprint density at radius 1 is 0.190 bits per heavy atom. The van der Waals surface area contributed by atoms with Crippen LogP contribution in [-0.4, -0.2) is 0 Å². The summed E-state index contributed by atoms with van der Waals surface area (Å²) in [7, 11) is 0. The van der Waals surface area contributed by atoms with E-state index in [1.807, 2.05) is 0 Å². The SMILES string of the molecule is c1ccc(-c2ccc(-c3c4ccccc4c(-c4ccc5c(c4)oc4ccc(-c6c7ccccc7c(-c7ccccc7)c7ccccc67)cc45)c4ccccc34)c3ccccc23)cc1. The van der Waals surface area contributed by atoms with Crippen LogP contribution in [0.25, 0.3) is 131 Å². The zero-order chi connectivity index (χ0) is 41.4. The third-order valence-electron chi connectivity index (χ3n) is 13.3. The first-order valence-electron chi connectivity index (χ1n) is 21.8. The van der Waals surface area contributed by atoms with E-state index in [4.69, 9.17) is 4.42 Å². The van der Waals surface area contributed by atoms with Gasteiger partial charge in [0.15, 0.2) is 0 Å². The lowest BCUT2D eigenvalue weighted by atomic mass is 9.83. The second-order valence-electron chi connectivity index (χ2n) is 16.6. The second-order valence-corrected chi connectivity index (χ2v) is 16.6. The van der Waals surface area contributed by atoms with Crippen LogP contribution in [-0.2, 0) is 0 Å². The summed E-state index contributed by atoms with van der Waals surface area (Å²) in [6.07, 6.45) is 0. The zero-order valence-electron chi connectivity index (χ0n) is 34.3. The van der Waals surface area contributed by atoms with Crippen LogP contribution in [0.3, 0.4) is 0 Å². The number of fused-ring (bicyclic) bond motifs is 8. The van der Waals surface area contributed by atoms with E-state index in [0.29, 0.717) is 0 Å². The van der Waals surface area contributed by atoms with Crippen molar-refractivity contribution >= 4 is 75.8 Å². The molecule has 0 spiro atoms. The van der Waals surface area contributed by atoms with E-state index in [9.17, 15) is 0 Å². The lowest BCUT2D eigenvalue weighted by Crippen LogP contribution is -1.92. The summed E-state index contributed by atoms with van der Waals surface area (Å²) in [5, 5.41) is 14.6. The van der Waals surface area contributed by atoms with E-state index < -0.39 is 0 Å². The molecule has 13 rings (SSSR count). The third kappa shape index (κ3) is 5.50. The minimum absolute atomic E-state index is 0.883. The molecule has 0 fully saturated rings. The topological polar surface area (TPSA) is 13.1 Å². The summed E-state index contributed by atoms with van der Waals surface area (Å²) in [6, 6.07) is 84.1. The molecule has 1 heterocycles. The maximum absolute atomic E-state index is 6.77. The third-order valence-corrected chi connectivity index (χ3v) is 13.3. The van der Waals surface area contributed by atoms with Crippen molar-refractivity contribution in [3.8, 4) is 55.6 Å². The molecule has 0 aliphatic rings. The Morgan fingerprint density at radius 2 is 0.571 bits per heavy atom. The molecule has 0 aliphatic carbocycles.